The minimum atomic E-state index is -0.247. The Kier molecular flexibility index (Phi) is 6.40. The lowest BCUT2D eigenvalue weighted by Gasteiger charge is -2.29. The third kappa shape index (κ3) is 4.44. The van der Waals surface area contributed by atoms with Gasteiger partial charge in [0, 0.05) is 18.3 Å². The van der Waals surface area contributed by atoms with Gasteiger partial charge in [-0.05, 0) is 53.9 Å². The van der Waals surface area contributed by atoms with Crippen molar-refractivity contribution in [1.29, 1.82) is 5.26 Å². The van der Waals surface area contributed by atoms with Crippen molar-refractivity contribution in [2.75, 3.05) is 29.9 Å². The largest absolute Gasteiger partial charge is 0.345 e. The monoisotopic (exact) mass is 444 g/mol. The topological polar surface area (TPSA) is 95.3 Å². The molecule has 160 valence electrons. The summed E-state index contributed by atoms with van der Waals surface area (Å²) in [5, 5.41) is 12.4. The highest BCUT2D eigenvalue weighted by Gasteiger charge is 2.21. The van der Waals surface area contributed by atoms with E-state index in [0.717, 1.165) is 16.7 Å². The highest BCUT2D eigenvalue weighted by Crippen LogP contribution is 2.28. The Labute approximate surface area is 189 Å². The Hall–Kier alpha value is -3.80. The highest BCUT2D eigenvalue weighted by molar-refractivity contribution is 7.66. The fourth-order valence-electron chi connectivity index (χ4n) is 3.64. The van der Waals surface area contributed by atoms with Crippen LogP contribution in [0.1, 0.15) is 21.5 Å². The maximum absolute atomic E-state index is 13.2. The number of hydrogen-bond donors (Lipinski definition) is 1. The average molecular weight is 445 g/mol. The lowest BCUT2D eigenvalue weighted by molar-refractivity contribution is 0.102. The molecule has 0 spiro atoms. The van der Waals surface area contributed by atoms with Gasteiger partial charge in [-0.3, -0.25) is 4.79 Å². The van der Waals surface area contributed by atoms with Gasteiger partial charge in [-0.1, -0.05) is 24.3 Å². The zero-order chi connectivity index (χ0) is 22.5. The van der Waals surface area contributed by atoms with E-state index in [0.29, 0.717) is 58.6 Å². The van der Waals surface area contributed by atoms with Crippen molar-refractivity contribution >= 4 is 33.7 Å². The Morgan fingerprint density at radius 1 is 1.19 bits per heavy atom. The van der Waals surface area contributed by atoms with Gasteiger partial charge in [0.05, 0.1) is 30.5 Å². The number of morpholine rings is 1. The molecule has 32 heavy (non-hydrogen) atoms. The molecule has 0 bridgehead atoms. The van der Waals surface area contributed by atoms with Crippen LogP contribution in [0.3, 0.4) is 0 Å². The number of amides is 1. The van der Waals surface area contributed by atoms with Crippen LogP contribution >= 0.6 is 0 Å². The second kappa shape index (κ2) is 9.56. The van der Waals surface area contributed by atoms with Gasteiger partial charge in [0.1, 0.15) is 11.3 Å². The number of nitriles is 1. The van der Waals surface area contributed by atoms with Crippen molar-refractivity contribution in [3.8, 4) is 17.2 Å². The minimum Gasteiger partial charge on any atom is -0.345 e. The molecule has 8 heteroatoms. The summed E-state index contributed by atoms with van der Waals surface area (Å²) >= 11 is 0.334. The lowest BCUT2D eigenvalue weighted by atomic mass is 9.95. The van der Waals surface area contributed by atoms with Crippen molar-refractivity contribution in [3.63, 3.8) is 0 Å². The van der Waals surface area contributed by atoms with Crippen LogP contribution in [0.15, 0.2) is 60.8 Å². The Morgan fingerprint density at radius 3 is 2.75 bits per heavy atom. The lowest BCUT2D eigenvalue weighted by Crippen LogP contribution is -2.40. The summed E-state index contributed by atoms with van der Waals surface area (Å²) in [7, 11) is 0. The molecule has 1 N–H and O–H groups in total. The number of aromatic nitrogens is 1. The van der Waals surface area contributed by atoms with E-state index in [2.05, 4.69) is 16.4 Å². The van der Waals surface area contributed by atoms with Crippen LogP contribution in [0.25, 0.3) is 11.1 Å². The van der Waals surface area contributed by atoms with Gasteiger partial charge in [-0.15, -0.1) is 0 Å². The molecule has 0 radical (unpaired) electrons. The van der Waals surface area contributed by atoms with E-state index in [1.165, 1.54) is 0 Å². The molecule has 1 saturated heterocycles. The molecule has 1 aliphatic heterocycles. The molecule has 7 nitrogen and oxygen atoms in total. The molecule has 0 aliphatic carbocycles. The Balaban J connectivity index is 1.62. The van der Waals surface area contributed by atoms with Gasteiger partial charge >= 0.3 is 0 Å². The van der Waals surface area contributed by atoms with Crippen LogP contribution in [-0.2, 0) is 16.0 Å². The number of benzene rings is 2. The van der Waals surface area contributed by atoms with E-state index in [-0.39, 0.29) is 5.91 Å². The summed E-state index contributed by atoms with van der Waals surface area (Å²) in [6.07, 6.45) is 1.65. The van der Waals surface area contributed by atoms with Crippen molar-refractivity contribution in [2.45, 2.75) is 6.92 Å². The van der Waals surface area contributed by atoms with Crippen LogP contribution in [0.5, 0.6) is 0 Å². The van der Waals surface area contributed by atoms with Crippen molar-refractivity contribution in [1.82, 2.24) is 4.98 Å². The van der Waals surface area contributed by atoms with Crippen molar-refractivity contribution in [3.05, 3.63) is 77.5 Å². The standard InChI is InChI=1S/C24H20N4O3S/c1-16-19(18-9-7-17(14-25)8-10-18)4-2-5-20(16)24(29)27-21-6-3-11-26-23(21)28-12-13-31-22(15-28)32-30/h2-11H,12-13,15H2,1H3,(H,27,29). The quantitative estimate of drug-likeness (QED) is 0.620. The summed E-state index contributed by atoms with van der Waals surface area (Å²) < 4.78 is 16.5. The molecule has 0 saturated carbocycles. The van der Waals surface area contributed by atoms with Gasteiger partial charge in [0.2, 0.25) is 0 Å². The number of hydrogen-bond acceptors (Lipinski definition) is 6. The highest BCUT2D eigenvalue weighted by atomic mass is 32.1. The first-order valence-electron chi connectivity index (χ1n) is 10.0. The SMILES string of the molecule is Cc1c(C(=O)Nc2cccnc2N2CCOC(=S=O)C2)cccc1-c1ccc(C#N)cc1. The number of pyridine rings is 1. The first kappa shape index (κ1) is 21.4. The van der Waals surface area contributed by atoms with E-state index >= 15 is 0 Å². The Morgan fingerprint density at radius 2 is 2.00 bits per heavy atom. The molecule has 2 aromatic carbocycles. The normalized spacial score (nSPS) is 13.4. The summed E-state index contributed by atoms with van der Waals surface area (Å²) in [5.41, 5.74) is 4.40. The summed E-state index contributed by atoms with van der Waals surface area (Å²) in [5.74, 6) is 0.347. The molecule has 2 heterocycles. The summed E-state index contributed by atoms with van der Waals surface area (Å²) in [4.78, 5) is 19.5. The van der Waals surface area contributed by atoms with Gasteiger partial charge < -0.3 is 15.0 Å². The maximum Gasteiger partial charge on any atom is 0.256 e. The molecule has 3 aromatic rings. The smallest absolute Gasteiger partial charge is 0.256 e. The fraction of sp³-hybridized carbons (Fsp3) is 0.167. The zero-order valence-electron chi connectivity index (χ0n) is 17.4. The minimum absolute atomic E-state index is 0.247. The third-order valence-corrected chi connectivity index (χ3v) is 5.71. The molecule has 0 unspecified atom stereocenters. The molecule has 1 fully saturated rings. The van der Waals surface area contributed by atoms with Crippen LogP contribution in [0, 0.1) is 18.3 Å². The van der Waals surface area contributed by atoms with E-state index < -0.39 is 0 Å². The average Bonchev–Trinajstić information content (AvgIpc) is 2.84. The number of anilines is 2. The number of carbonyl (C=O) groups excluding carboxylic acids is 1. The number of ether oxygens (including phenoxy) is 1. The molecule has 4 rings (SSSR count). The van der Waals surface area contributed by atoms with Gasteiger partial charge in [-0.25, -0.2) is 9.19 Å². The van der Waals surface area contributed by atoms with E-state index in [1.54, 1.807) is 36.5 Å². The molecule has 1 amide bonds. The molecule has 0 atom stereocenters. The van der Waals surface area contributed by atoms with Gasteiger partial charge in [-0.2, -0.15) is 5.26 Å². The fourth-order valence-corrected chi connectivity index (χ4v) is 3.98. The van der Waals surface area contributed by atoms with Gasteiger partial charge in [0.15, 0.2) is 10.9 Å². The third-order valence-electron chi connectivity index (χ3n) is 5.28. The summed E-state index contributed by atoms with van der Waals surface area (Å²) in [6.45, 7) is 3.18. The number of rotatable bonds is 4. The van der Waals surface area contributed by atoms with Crippen LogP contribution in [0.2, 0.25) is 0 Å². The predicted octanol–water partition coefficient (Wildman–Crippen LogP) is 3.36. The van der Waals surface area contributed by atoms with Crippen molar-refractivity contribution in [2.24, 2.45) is 0 Å². The second-order valence-corrected chi connectivity index (χ2v) is 7.84. The number of carbonyl (C=O) groups is 1. The zero-order valence-corrected chi connectivity index (χ0v) is 18.2. The van der Waals surface area contributed by atoms with Crippen LogP contribution in [-0.4, -0.2) is 39.8 Å². The van der Waals surface area contributed by atoms with Crippen molar-refractivity contribution < 1.29 is 13.7 Å². The van der Waals surface area contributed by atoms with E-state index in [9.17, 15) is 9.00 Å². The second-order valence-electron chi connectivity index (χ2n) is 7.22. The van der Waals surface area contributed by atoms with E-state index in [4.69, 9.17) is 10.00 Å². The molecule has 1 aliphatic rings. The first-order valence-corrected chi connectivity index (χ1v) is 10.7. The van der Waals surface area contributed by atoms with Crippen LogP contribution in [0.4, 0.5) is 11.5 Å². The molecular formula is C24H20N4O3S. The van der Waals surface area contributed by atoms with E-state index in [1.807, 2.05) is 36.1 Å². The maximum atomic E-state index is 13.2. The van der Waals surface area contributed by atoms with Gasteiger partial charge in [0.25, 0.3) is 5.91 Å². The summed E-state index contributed by atoms with van der Waals surface area (Å²) in [6, 6.07) is 18.5. The van der Waals surface area contributed by atoms with Crippen LogP contribution < -0.4 is 10.2 Å². The number of nitrogens with one attached hydrogen (secondary N) is 1. The molecular weight excluding hydrogens is 424 g/mol. The Bertz CT molecular complexity index is 1260. The number of nitrogens with zero attached hydrogens (tertiary/aromatic N) is 3. The first-order chi connectivity index (χ1) is 15.6. The predicted molar refractivity (Wildman–Crippen MR) is 125 cm³/mol. The molecule has 1 aromatic heterocycles.